The Morgan fingerprint density at radius 3 is 1.05 bits per heavy atom. The minimum atomic E-state index is -4.52. The van der Waals surface area contributed by atoms with Crippen LogP contribution in [0.4, 0.5) is 0 Å². The van der Waals surface area contributed by atoms with Crippen molar-refractivity contribution in [3.05, 3.63) is 0 Å². The van der Waals surface area contributed by atoms with E-state index in [-0.39, 0.29) is 25.6 Å². The van der Waals surface area contributed by atoms with E-state index in [9.17, 15) is 19.4 Å². The van der Waals surface area contributed by atoms with Gasteiger partial charge in [0.2, 0.25) is 0 Å². The molecule has 0 saturated carbocycles. The molecule has 0 heterocycles. The van der Waals surface area contributed by atoms with E-state index in [0.29, 0.717) is 6.61 Å². The molecular weight excluding hydrogens is 800 g/mol. The Kier molecular flexibility index (Phi) is 49.5. The van der Waals surface area contributed by atoms with Crippen molar-refractivity contribution in [2.75, 3.05) is 33.0 Å². The Labute approximate surface area is 384 Å². The molecule has 3 atom stereocenters. The molecule has 0 bridgehead atoms. The van der Waals surface area contributed by atoms with Crippen LogP contribution in [0.3, 0.4) is 0 Å². The molecule has 0 spiro atoms. The number of rotatable bonds is 53. The lowest BCUT2D eigenvalue weighted by molar-refractivity contribution is -0.154. The summed E-state index contributed by atoms with van der Waals surface area (Å²) in [6.07, 6.45) is 52.2. The summed E-state index contributed by atoms with van der Waals surface area (Å²) >= 11 is 0. The minimum Gasteiger partial charge on any atom is -0.457 e. The molecular formula is C52H105O9P. The van der Waals surface area contributed by atoms with E-state index >= 15 is 0 Å². The molecule has 0 aliphatic heterocycles. The topological polar surface area (TPSA) is 132 Å². The summed E-state index contributed by atoms with van der Waals surface area (Å²) in [6.45, 7) is 3.61. The van der Waals surface area contributed by atoms with E-state index in [1.165, 1.54) is 231 Å². The van der Waals surface area contributed by atoms with Crippen LogP contribution < -0.4 is 0 Å². The quantitative estimate of drug-likeness (QED) is 0.0310. The normalized spacial score (nSPS) is 13.7. The second-order valence-corrected chi connectivity index (χ2v) is 20.1. The lowest BCUT2D eigenvalue weighted by Gasteiger charge is -2.20. The van der Waals surface area contributed by atoms with Crippen LogP contribution in [0, 0.1) is 0 Å². The van der Waals surface area contributed by atoms with Crippen LogP contribution in [0.1, 0.15) is 284 Å². The van der Waals surface area contributed by atoms with Gasteiger partial charge in [-0.2, -0.15) is 0 Å². The minimum absolute atomic E-state index is 0.0590. The number of esters is 1. The summed E-state index contributed by atoms with van der Waals surface area (Å²) in [5.74, 6) is -0.372. The number of hydrogen-bond acceptors (Lipinski definition) is 8. The van der Waals surface area contributed by atoms with Gasteiger partial charge in [0.05, 0.1) is 26.4 Å². The molecule has 0 aromatic rings. The molecule has 0 aliphatic rings. The predicted octanol–water partition coefficient (Wildman–Crippen LogP) is 15.8. The standard InChI is InChI=1S/C52H105O9P/c1-3-5-7-9-11-13-15-17-19-21-23-25-27-29-31-33-35-37-39-41-43-45-58-48-51(49-60-62(56,57)59-47-50(54)46-53)61-52(55)44-42-40-38-36-34-32-30-28-26-24-22-20-18-16-14-12-10-8-6-4-2/h50-51,53-54H,3-49H2,1-2H3,(H,56,57). The largest absolute Gasteiger partial charge is 0.472 e. The maximum atomic E-state index is 12.7. The summed E-state index contributed by atoms with van der Waals surface area (Å²) in [4.78, 5) is 22.7. The van der Waals surface area contributed by atoms with Gasteiger partial charge in [0.25, 0.3) is 0 Å². The van der Waals surface area contributed by atoms with Crippen molar-refractivity contribution in [3.8, 4) is 0 Å². The summed E-state index contributed by atoms with van der Waals surface area (Å²) in [5.41, 5.74) is 0. The molecule has 0 radical (unpaired) electrons. The summed E-state index contributed by atoms with van der Waals surface area (Å²) in [6, 6.07) is 0. The highest BCUT2D eigenvalue weighted by molar-refractivity contribution is 7.47. The Bertz CT molecular complexity index is 938. The fraction of sp³-hybridized carbons (Fsp3) is 0.981. The predicted molar refractivity (Wildman–Crippen MR) is 261 cm³/mol. The molecule has 0 aromatic carbocycles. The average Bonchev–Trinajstić information content (AvgIpc) is 3.26. The monoisotopic (exact) mass is 905 g/mol. The molecule has 62 heavy (non-hydrogen) atoms. The highest BCUT2D eigenvalue weighted by Crippen LogP contribution is 2.43. The molecule has 0 aromatic heterocycles. The molecule has 0 amide bonds. The van der Waals surface area contributed by atoms with Gasteiger partial charge in [-0.15, -0.1) is 0 Å². The van der Waals surface area contributed by atoms with Gasteiger partial charge in [-0.3, -0.25) is 13.8 Å². The van der Waals surface area contributed by atoms with Crippen molar-refractivity contribution in [3.63, 3.8) is 0 Å². The van der Waals surface area contributed by atoms with Crippen LogP contribution in [-0.2, 0) is 27.9 Å². The highest BCUT2D eigenvalue weighted by atomic mass is 31.2. The second-order valence-electron chi connectivity index (χ2n) is 18.6. The zero-order valence-corrected chi connectivity index (χ0v) is 42.0. The molecule has 0 saturated heterocycles. The zero-order valence-electron chi connectivity index (χ0n) is 41.1. The van der Waals surface area contributed by atoms with Crippen molar-refractivity contribution in [1.82, 2.24) is 0 Å². The number of aliphatic hydroxyl groups is 2. The van der Waals surface area contributed by atoms with Gasteiger partial charge in [-0.1, -0.05) is 264 Å². The van der Waals surface area contributed by atoms with Gasteiger partial charge in [0.1, 0.15) is 12.2 Å². The van der Waals surface area contributed by atoms with E-state index < -0.39 is 33.2 Å². The Morgan fingerprint density at radius 2 is 0.726 bits per heavy atom. The highest BCUT2D eigenvalue weighted by Gasteiger charge is 2.26. The maximum absolute atomic E-state index is 12.7. The van der Waals surface area contributed by atoms with Crippen molar-refractivity contribution >= 4 is 13.8 Å². The molecule has 0 fully saturated rings. The van der Waals surface area contributed by atoms with Gasteiger partial charge in [0.15, 0.2) is 0 Å². The molecule has 0 rings (SSSR count). The first-order chi connectivity index (χ1) is 30.3. The molecule has 3 unspecified atom stereocenters. The number of ether oxygens (including phenoxy) is 2. The van der Waals surface area contributed by atoms with E-state index in [1.807, 2.05) is 0 Å². The van der Waals surface area contributed by atoms with Gasteiger partial charge in [0, 0.05) is 13.0 Å². The van der Waals surface area contributed by atoms with E-state index in [4.69, 9.17) is 23.6 Å². The number of unbranched alkanes of at least 4 members (excludes halogenated alkanes) is 39. The van der Waals surface area contributed by atoms with Gasteiger partial charge in [-0.05, 0) is 12.8 Å². The zero-order chi connectivity index (χ0) is 45.3. The van der Waals surface area contributed by atoms with E-state index in [0.717, 1.165) is 32.1 Å². The van der Waals surface area contributed by atoms with Crippen LogP contribution in [0.15, 0.2) is 0 Å². The second kappa shape index (κ2) is 49.9. The van der Waals surface area contributed by atoms with E-state index in [1.54, 1.807) is 0 Å². The Hall–Kier alpha value is -0.540. The third kappa shape index (κ3) is 48.9. The van der Waals surface area contributed by atoms with Crippen molar-refractivity contribution < 1.29 is 43.0 Å². The number of phosphoric acid groups is 1. The van der Waals surface area contributed by atoms with Gasteiger partial charge < -0.3 is 24.6 Å². The molecule has 9 nitrogen and oxygen atoms in total. The molecule has 3 N–H and O–H groups in total. The number of carbonyl (C=O) groups excluding carboxylic acids is 1. The van der Waals surface area contributed by atoms with Gasteiger partial charge >= 0.3 is 13.8 Å². The number of aliphatic hydroxyl groups excluding tert-OH is 2. The van der Waals surface area contributed by atoms with Crippen LogP contribution >= 0.6 is 7.82 Å². The summed E-state index contributed by atoms with van der Waals surface area (Å²) in [7, 11) is -4.52. The third-order valence-electron chi connectivity index (χ3n) is 12.3. The van der Waals surface area contributed by atoms with Crippen molar-refractivity contribution in [2.24, 2.45) is 0 Å². The van der Waals surface area contributed by atoms with Crippen LogP contribution in [0.2, 0.25) is 0 Å². The van der Waals surface area contributed by atoms with Crippen LogP contribution in [0.25, 0.3) is 0 Å². The van der Waals surface area contributed by atoms with Crippen LogP contribution in [-0.4, -0.2) is 66.3 Å². The third-order valence-corrected chi connectivity index (χ3v) is 13.2. The molecule has 10 heteroatoms. The Morgan fingerprint density at radius 1 is 0.435 bits per heavy atom. The number of carbonyl (C=O) groups is 1. The maximum Gasteiger partial charge on any atom is 0.472 e. The first-order valence-corrected chi connectivity index (χ1v) is 28.5. The Balaban J connectivity index is 3.98. The average molecular weight is 905 g/mol. The smallest absolute Gasteiger partial charge is 0.457 e. The van der Waals surface area contributed by atoms with Gasteiger partial charge in [-0.25, -0.2) is 4.57 Å². The lowest BCUT2D eigenvalue weighted by atomic mass is 10.0. The van der Waals surface area contributed by atoms with Crippen LogP contribution in [0.5, 0.6) is 0 Å². The molecule has 0 aliphatic carbocycles. The lowest BCUT2D eigenvalue weighted by Crippen LogP contribution is -2.29. The SMILES string of the molecule is CCCCCCCCCCCCCCCCCCCCCCCOCC(COP(=O)(O)OCC(O)CO)OC(=O)CCCCCCCCCCCCCCCCCCCCCC. The number of hydrogen-bond donors (Lipinski definition) is 3. The first kappa shape index (κ1) is 61.5. The first-order valence-electron chi connectivity index (χ1n) is 27.0. The fourth-order valence-corrected chi connectivity index (χ4v) is 8.97. The van der Waals surface area contributed by atoms with Crippen molar-refractivity contribution in [1.29, 1.82) is 0 Å². The van der Waals surface area contributed by atoms with Crippen molar-refractivity contribution in [2.45, 2.75) is 296 Å². The number of phosphoric ester groups is 1. The molecule has 372 valence electrons. The summed E-state index contributed by atoms with van der Waals surface area (Å²) < 4.78 is 33.6. The van der Waals surface area contributed by atoms with E-state index in [2.05, 4.69) is 13.8 Å². The fourth-order valence-electron chi connectivity index (χ4n) is 8.18. The summed E-state index contributed by atoms with van der Waals surface area (Å²) in [5, 5.41) is 18.4.